The fraction of sp³-hybridized carbons (Fsp3) is 0.333. The first-order valence-corrected chi connectivity index (χ1v) is 3.25. The van der Waals surface area contributed by atoms with Gasteiger partial charge in [0.1, 0.15) is 5.84 Å². The molecule has 0 saturated carbocycles. The zero-order valence-corrected chi connectivity index (χ0v) is 4.88. The van der Waals surface area contributed by atoms with Gasteiger partial charge in [0.25, 0.3) is 0 Å². The van der Waals surface area contributed by atoms with E-state index in [0.29, 0.717) is 0 Å². The van der Waals surface area contributed by atoms with Gasteiger partial charge in [0.2, 0.25) is 0 Å². The fourth-order valence-corrected chi connectivity index (χ4v) is 1.03. The van der Waals surface area contributed by atoms with Crippen molar-refractivity contribution in [2.24, 2.45) is 4.40 Å². The number of nitrogens with one attached hydrogen (secondary N) is 2. The molecule has 0 radical (unpaired) electrons. The lowest BCUT2D eigenvalue weighted by molar-refractivity contribution is 0.946. The van der Waals surface area contributed by atoms with Crippen LogP contribution in [0.4, 0.5) is 0 Å². The highest BCUT2D eigenvalue weighted by Crippen LogP contribution is 2.06. The van der Waals surface area contributed by atoms with E-state index in [9.17, 15) is 0 Å². The van der Waals surface area contributed by atoms with E-state index in [1.807, 2.05) is 6.92 Å². The molecule has 1 heterocycles. The maximum absolute atomic E-state index is 4.00. The molecule has 0 aromatic rings. The van der Waals surface area contributed by atoms with Crippen molar-refractivity contribution in [3.05, 3.63) is 0 Å². The van der Waals surface area contributed by atoms with Gasteiger partial charge in [-0.3, -0.25) is 5.43 Å². The van der Waals surface area contributed by atoms with Crippen LogP contribution in [0.5, 0.6) is 0 Å². The Labute approximate surface area is 45.0 Å². The molecular weight excluding hydrogens is 110 g/mol. The molecule has 0 amide bonds. The van der Waals surface area contributed by atoms with E-state index in [1.165, 1.54) is 0 Å². The number of hydrogen-bond acceptors (Lipinski definition) is 3. The summed E-state index contributed by atoms with van der Waals surface area (Å²) in [5.74, 6) is 4.57. The quantitative estimate of drug-likeness (QED) is 0.440. The third kappa shape index (κ3) is 1.01. The summed E-state index contributed by atoms with van der Waals surface area (Å²) in [5.41, 5.74) is 2.82. The number of hydrogen-bond donors (Lipinski definition) is 2. The predicted octanol–water partition coefficient (Wildman–Crippen LogP) is 0.0435. The van der Waals surface area contributed by atoms with Crippen LogP contribution in [-0.4, -0.2) is 11.7 Å². The average molecular weight is 117 g/mol. The molecule has 0 saturated heterocycles. The third-order valence-corrected chi connectivity index (χ3v) is 1.43. The summed E-state index contributed by atoms with van der Waals surface area (Å²) in [7, 11) is -0.226. The minimum Gasteiger partial charge on any atom is -0.298 e. The van der Waals surface area contributed by atoms with E-state index in [2.05, 4.69) is 20.5 Å². The monoisotopic (exact) mass is 117 g/mol. The Morgan fingerprint density at radius 2 is 2.57 bits per heavy atom. The minimum absolute atomic E-state index is 0.226. The molecule has 1 aliphatic rings. The van der Waals surface area contributed by atoms with Crippen LogP contribution < -0.4 is 10.3 Å². The van der Waals surface area contributed by atoms with Crippen LogP contribution in [-0.2, 0) is 0 Å². The average Bonchev–Trinajstić information content (AvgIpc) is 1.87. The molecule has 0 aliphatic carbocycles. The van der Waals surface area contributed by atoms with Crippen molar-refractivity contribution in [3.63, 3.8) is 0 Å². The van der Waals surface area contributed by atoms with Gasteiger partial charge in [0, 0.05) is 10.9 Å². The number of rotatable bonds is 0. The van der Waals surface area contributed by atoms with Crippen molar-refractivity contribution in [1.29, 1.82) is 0 Å². The summed E-state index contributed by atoms with van der Waals surface area (Å²) in [4.78, 5) is 2.83. The summed E-state index contributed by atoms with van der Waals surface area (Å²) in [5, 5.41) is 0. The predicted molar refractivity (Wildman–Crippen MR) is 34.1 cm³/mol. The van der Waals surface area contributed by atoms with Crippen LogP contribution in [0.25, 0.3) is 0 Å². The summed E-state index contributed by atoms with van der Waals surface area (Å²) in [6.07, 6.45) is 0. The van der Waals surface area contributed by atoms with Crippen molar-refractivity contribution in [1.82, 2.24) is 10.3 Å². The second kappa shape index (κ2) is 1.63. The van der Waals surface area contributed by atoms with Gasteiger partial charge in [-0.05, 0) is 12.8 Å². The lowest BCUT2D eigenvalue weighted by atomic mass is 10.7. The van der Waals surface area contributed by atoms with Gasteiger partial charge in [-0.15, -0.1) is 0 Å². The Morgan fingerprint density at radius 3 is 2.71 bits per heavy atom. The second-order valence-corrected chi connectivity index (χ2v) is 2.38. The SMILES string of the molecule is C=S1N=C(C)NN1. The highest BCUT2D eigenvalue weighted by molar-refractivity contribution is 8.11. The van der Waals surface area contributed by atoms with Gasteiger partial charge in [-0.1, -0.05) is 0 Å². The largest absolute Gasteiger partial charge is 0.298 e. The van der Waals surface area contributed by atoms with Crippen molar-refractivity contribution < 1.29 is 0 Å². The molecule has 1 atom stereocenters. The Morgan fingerprint density at radius 1 is 1.86 bits per heavy atom. The molecule has 0 aromatic carbocycles. The molecule has 0 spiro atoms. The van der Waals surface area contributed by atoms with E-state index >= 15 is 0 Å². The number of nitrogens with zero attached hydrogens (tertiary/aromatic N) is 1. The third-order valence-electron chi connectivity index (χ3n) is 0.597. The Hall–Kier alpha value is -0.350. The van der Waals surface area contributed by atoms with Gasteiger partial charge in [-0.25, -0.2) is 0 Å². The second-order valence-electron chi connectivity index (χ2n) is 1.27. The lowest BCUT2D eigenvalue weighted by Crippen LogP contribution is -2.24. The van der Waals surface area contributed by atoms with Crippen LogP contribution in [0.15, 0.2) is 4.40 Å². The normalized spacial score (nSPS) is 29.3. The molecule has 1 rings (SSSR count). The Bertz CT molecular complexity index is 128. The first-order valence-electron chi connectivity index (χ1n) is 1.90. The van der Waals surface area contributed by atoms with Crippen LogP contribution in [0.2, 0.25) is 0 Å². The van der Waals surface area contributed by atoms with Gasteiger partial charge in [0.05, 0.1) is 0 Å². The van der Waals surface area contributed by atoms with E-state index in [-0.39, 0.29) is 10.9 Å². The molecule has 0 bridgehead atoms. The van der Waals surface area contributed by atoms with Gasteiger partial charge in [-0.2, -0.15) is 9.23 Å². The molecular formula is C3H7N3S. The smallest absolute Gasteiger partial charge is 0.123 e. The number of amidine groups is 1. The molecule has 1 unspecified atom stereocenters. The van der Waals surface area contributed by atoms with Crippen molar-refractivity contribution in [2.75, 3.05) is 0 Å². The lowest BCUT2D eigenvalue weighted by Gasteiger charge is -1.89. The van der Waals surface area contributed by atoms with Crippen molar-refractivity contribution in [3.8, 4) is 0 Å². The van der Waals surface area contributed by atoms with Gasteiger partial charge >= 0.3 is 0 Å². The first-order chi connectivity index (χ1) is 3.29. The van der Waals surface area contributed by atoms with Gasteiger partial charge in [0.15, 0.2) is 0 Å². The highest BCUT2D eigenvalue weighted by atomic mass is 32.2. The fourth-order valence-electron chi connectivity index (χ4n) is 0.344. The first kappa shape index (κ1) is 4.80. The van der Waals surface area contributed by atoms with E-state index < -0.39 is 0 Å². The molecule has 4 heteroatoms. The van der Waals surface area contributed by atoms with Crippen LogP contribution >= 0.6 is 10.9 Å². The molecule has 3 nitrogen and oxygen atoms in total. The summed E-state index contributed by atoms with van der Waals surface area (Å²) < 4.78 is 4.00. The molecule has 2 N–H and O–H groups in total. The Balaban J connectivity index is 2.67. The van der Waals surface area contributed by atoms with E-state index in [1.54, 1.807) is 0 Å². The Kier molecular flexibility index (Phi) is 1.12. The highest BCUT2D eigenvalue weighted by Gasteiger charge is 1.97. The molecule has 40 valence electrons. The molecule has 0 aromatic heterocycles. The molecule has 7 heavy (non-hydrogen) atoms. The van der Waals surface area contributed by atoms with Crippen molar-refractivity contribution >= 4 is 22.6 Å². The van der Waals surface area contributed by atoms with E-state index in [4.69, 9.17) is 0 Å². The molecule has 1 aliphatic heterocycles. The van der Waals surface area contributed by atoms with Gasteiger partial charge < -0.3 is 0 Å². The topological polar surface area (TPSA) is 36.4 Å². The number of hydrazine groups is 1. The maximum Gasteiger partial charge on any atom is 0.123 e. The summed E-state index contributed by atoms with van der Waals surface area (Å²) in [6, 6.07) is 0. The minimum atomic E-state index is -0.226. The summed E-state index contributed by atoms with van der Waals surface area (Å²) >= 11 is 0. The zero-order chi connectivity index (χ0) is 5.28. The van der Waals surface area contributed by atoms with Crippen LogP contribution in [0.1, 0.15) is 6.92 Å². The zero-order valence-electron chi connectivity index (χ0n) is 4.06. The van der Waals surface area contributed by atoms with Crippen LogP contribution in [0, 0.1) is 0 Å². The van der Waals surface area contributed by atoms with E-state index in [0.717, 1.165) is 5.84 Å². The molecule has 0 fully saturated rings. The maximum atomic E-state index is 4.00. The van der Waals surface area contributed by atoms with Crippen LogP contribution in [0.3, 0.4) is 0 Å². The van der Waals surface area contributed by atoms with Crippen molar-refractivity contribution in [2.45, 2.75) is 6.92 Å². The summed E-state index contributed by atoms with van der Waals surface area (Å²) in [6.45, 7) is 1.89. The standard InChI is InChI=1S/C3H7N3S/c1-3-4-6-7(2)5-3/h6H,2H2,1H3,(H,4,5).